The molecule has 2 heterocycles. The molecule has 1 aliphatic rings. The topological polar surface area (TPSA) is 31.4 Å². The largest absolute Gasteiger partial charge is 0.473 e. The summed E-state index contributed by atoms with van der Waals surface area (Å²) in [7, 11) is 0. The lowest BCUT2D eigenvalue weighted by atomic mass is 10.0. The minimum absolute atomic E-state index is 0.185. The predicted octanol–water partition coefficient (Wildman–Crippen LogP) is 4.29. The summed E-state index contributed by atoms with van der Waals surface area (Å²) in [6, 6.07) is 14.1. The Balaban J connectivity index is 1.59. The number of nitrogens with zero attached hydrogens (tertiary/aromatic N) is 1. The molecule has 1 fully saturated rings. The lowest BCUT2D eigenvalue weighted by molar-refractivity contribution is -0.0416. The molecule has 0 radical (unpaired) electrons. The number of pyridine rings is 1. The van der Waals surface area contributed by atoms with Gasteiger partial charge in [0.05, 0.1) is 12.2 Å². The van der Waals surface area contributed by atoms with E-state index in [1.165, 1.54) is 6.42 Å². The minimum Gasteiger partial charge on any atom is -0.473 e. The highest BCUT2D eigenvalue weighted by Gasteiger charge is 2.20. The molecule has 0 N–H and O–H groups in total. The fourth-order valence-electron chi connectivity index (χ4n) is 2.65. The van der Waals surface area contributed by atoms with Gasteiger partial charge in [-0.1, -0.05) is 30.3 Å². The van der Waals surface area contributed by atoms with E-state index in [1.54, 1.807) is 0 Å². The van der Waals surface area contributed by atoms with Gasteiger partial charge in [-0.25, -0.2) is 4.98 Å². The molecule has 1 aliphatic heterocycles. The van der Waals surface area contributed by atoms with Crippen LogP contribution in [-0.2, 0) is 11.3 Å². The highest BCUT2D eigenvalue weighted by molar-refractivity contribution is 5.21. The van der Waals surface area contributed by atoms with E-state index in [4.69, 9.17) is 9.47 Å². The highest BCUT2D eigenvalue weighted by Crippen LogP contribution is 2.31. The summed E-state index contributed by atoms with van der Waals surface area (Å²) in [4.78, 5) is 4.39. The molecule has 0 aliphatic carbocycles. The molecule has 2 unspecified atom stereocenters. The summed E-state index contributed by atoms with van der Waals surface area (Å²) >= 11 is 0. The summed E-state index contributed by atoms with van der Waals surface area (Å²) in [5.74, 6) is 0.659. The second-order valence-corrected chi connectivity index (χ2v) is 5.57. The van der Waals surface area contributed by atoms with Gasteiger partial charge in [0.25, 0.3) is 0 Å². The molecule has 110 valence electrons. The maximum Gasteiger partial charge on any atom is 0.213 e. The Bertz CT molecular complexity index is 553. The Morgan fingerprint density at radius 2 is 2.00 bits per heavy atom. The molecule has 3 nitrogen and oxygen atoms in total. The van der Waals surface area contributed by atoms with Gasteiger partial charge in [-0.2, -0.15) is 0 Å². The Hall–Kier alpha value is -1.87. The first-order chi connectivity index (χ1) is 10.3. The van der Waals surface area contributed by atoms with Crippen LogP contribution in [0.25, 0.3) is 0 Å². The molecule has 21 heavy (non-hydrogen) atoms. The van der Waals surface area contributed by atoms with Gasteiger partial charge >= 0.3 is 0 Å². The lowest BCUT2D eigenvalue weighted by Gasteiger charge is -2.27. The number of ether oxygens (including phenoxy) is 2. The van der Waals surface area contributed by atoms with E-state index in [0.29, 0.717) is 18.6 Å². The highest BCUT2D eigenvalue weighted by atomic mass is 16.5. The van der Waals surface area contributed by atoms with E-state index in [9.17, 15) is 0 Å². The maximum absolute atomic E-state index is 5.96. The van der Waals surface area contributed by atoms with E-state index in [2.05, 4.69) is 18.0 Å². The molecule has 1 aromatic carbocycles. The van der Waals surface area contributed by atoms with Crippen molar-refractivity contribution >= 4 is 0 Å². The van der Waals surface area contributed by atoms with Crippen LogP contribution < -0.4 is 4.74 Å². The molecule has 1 saturated heterocycles. The molecule has 2 aromatic rings. The van der Waals surface area contributed by atoms with Gasteiger partial charge in [0.1, 0.15) is 6.61 Å². The van der Waals surface area contributed by atoms with Gasteiger partial charge < -0.3 is 9.47 Å². The van der Waals surface area contributed by atoms with Crippen LogP contribution in [0.3, 0.4) is 0 Å². The van der Waals surface area contributed by atoms with Crippen LogP contribution in [0.2, 0.25) is 0 Å². The average Bonchev–Trinajstić information content (AvgIpc) is 2.54. The Morgan fingerprint density at radius 1 is 1.14 bits per heavy atom. The molecular weight excluding hydrogens is 262 g/mol. The van der Waals surface area contributed by atoms with Crippen molar-refractivity contribution in [3.05, 3.63) is 59.8 Å². The van der Waals surface area contributed by atoms with Crippen LogP contribution in [0, 0.1) is 0 Å². The van der Waals surface area contributed by atoms with E-state index in [1.807, 2.05) is 42.6 Å². The van der Waals surface area contributed by atoms with Crippen LogP contribution in [0.4, 0.5) is 0 Å². The zero-order valence-corrected chi connectivity index (χ0v) is 12.4. The molecule has 0 saturated carbocycles. The monoisotopic (exact) mass is 283 g/mol. The summed E-state index contributed by atoms with van der Waals surface area (Å²) in [5, 5.41) is 0. The predicted molar refractivity (Wildman–Crippen MR) is 82.2 cm³/mol. The summed E-state index contributed by atoms with van der Waals surface area (Å²) < 4.78 is 11.7. The van der Waals surface area contributed by atoms with Crippen molar-refractivity contribution < 1.29 is 9.47 Å². The van der Waals surface area contributed by atoms with Gasteiger partial charge in [-0.15, -0.1) is 0 Å². The first-order valence-corrected chi connectivity index (χ1v) is 7.59. The van der Waals surface area contributed by atoms with E-state index in [0.717, 1.165) is 24.0 Å². The summed E-state index contributed by atoms with van der Waals surface area (Å²) in [5.41, 5.74) is 2.29. The number of rotatable bonds is 4. The summed E-state index contributed by atoms with van der Waals surface area (Å²) in [6.07, 6.45) is 5.86. The van der Waals surface area contributed by atoms with Crippen molar-refractivity contribution in [2.45, 2.75) is 45.0 Å². The molecule has 0 spiro atoms. The standard InChI is InChI=1S/C18H21NO2/c1-14-6-5-9-17(21-14)16-10-11-18(19-12-16)20-13-15-7-3-2-4-8-15/h2-4,7-8,10-12,14,17H,5-6,9,13H2,1H3. The van der Waals surface area contributed by atoms with E-state index < -0.39 is 0 Å². The fraction of sp³-hybridized carbons (Fsp3) is 0.389. The SMILES string of the molecule is CC1CCCC(c2ccc(OCc3ccccc3)nc2)O1. The van der Waals surface area contributed by atoms with Gasteiger partial charge in [0.2, 0.25) is 5.88 Å². The smallest absolute Gasteiger partial charge is 0.213 e. The molecule has 1 aromatic heterocycles. The third kappa shape index (κ3) is 3.82. The van der Waals surface area contributed by atoms with E-state index in [-0.39, 0.29) is 6.10 Å². The van der Waals surface area contributed by atoms with Gasteiger partial charge in [-0.05, 0) is 43.4 Å². The number of aromatic nitrogens is 1. The second-order valence-electron chi connectivity index (χ2n) is 5.57. The van der Waals surface area contributed by atoms with Crippen LogP contribution >= 0.6 is 0 Å². The first-order valence-electron chi connectivity index (χ1n) is 7.59. The van der Waals surface area contributed by atoms with Gasteiger partial charge in [0, 0.05) is 12.3 Å². The van der Waals surface area contributed by atoms with Crippen LogP contribution in [0.5, 0.6) is 5.88 Å². The third-order valence-corrected chi connectivity index (χ3v) is 3.83. The molecule has 3 rings (SSSR count). The Morgan fingerprint density at radius 3 is 2.71 bits per heavy atom. The lowest BCUT2D eigenvalue weighted by Crippen LogP contribution is -2.19. The average molecular weight is 283 g/mol. The van der Waals surface area contributed by atoms with Crippen LogP contribution in [0.15, 0.2) is 48.7 Å². The van der Waals surface area contributed by atoms with Crippen LogP contribution in [-0.4, -0.2) is 11.1 Å². The first kappa shape index (κ1) is 14.1. The number of hydrogen-bond donors (Lipinski definition) is 0. The zero-order chi connectivity index (χ0) is 14.5. The minimum atomic E-state index is 0.185. The molecular formula is C18H21NO2. The van der Waals surface area contributed by atoms with Crippen molar-refractivity contribution in [2.24, 2.45) is 0 Å². The van der Waals surface area contributed by atoms with Crippen LogP contribution in [0.1, 0.15) is 43.4 Å². The van der Waals surface area contributed by atoms with Gasteiger partial charge in [0.15, 0.2) is 0 Å². The fourth-order valence-corrected chi connectivity index (χ4v) is 2.65. The zero-order valence-electron chi connectivity index (χ0n) is 12.4. The quantitative estimate of drug-likeness (QED) is 0.838. The van der Waals surface area contributed by atoms with Crippen molar-refractivity contribution in [3.63, 3.8) is 0 Å². The Labute approximate surface area is 125 Å². The van der Waals surface area contributed by atoms with Crippen molar-refractivity contribution in [1.82, 2.24) is 4.98 Å². The third-order valence-electron chi connectivity index (χ3n) is 3.83. The van der Waals surface area contributed by atoms with Crippen molar-refractivity contribution in [2.75, 3.05) is 0 Å². The van der Waals surface area contributed by atoms with Crippen molar-refractivity contribution in [3.8, 4) is 5.88 Å². The van der Waals surface area contributed by atoms with E-state index >= 15 is 0 Å². The normalized spacial score (nSPS) is 22.0. The molecule has 3 heteroatoms. The van der Waals surface area contributed by atoms with Gasteiger partial charge in [-0.3, -0.25) is 0 Å². The Kier molecular flexibility index (Phi) is 4.51. The second kappa shape index (κ2) is 6.72. The molecule has 0 bridgehead atoms. The summed E-state index contributed by atoms with van der Waals surface area (Å²) in [6.45, 7) is 2.68. The maximum atomic E-state index is 5.96. The number of hydrogen-bond acceptors (Lipinski definition) is 3. The van der Waals surface area contributed by atoms with Crippen molar-refractivity contribution in [1.29, 1.82) is 0 Å². The number of benzene rings is 1. The molecule has 2 atom stereocenters. The molecule has 0 amide bonds.